The molecular weight excluding hydrogens is 420 g/mol. The molecule has 31 heavy (non-hydrogen) atoms. The van der Waals surface area contributed by atoms with Gasteiger partial charge < -0.3 is 23.9 Å². The fourth-order valence-corrected chi connectivity index (χ4v) is 3.57. The Morgan fingerprint density at radius 3 is 2.06 bits per heavy atom. The standard InChI is InChI=1S/C22H30N2O6S/c1-22(2,3)23-21(25)24(14-15-28-4)16-17-6-8-19(9-7-17)30-31(26,27)20-12-10-18(29-5)11-13-20/h6-13H,14-16H2,1-5H3,(H,23,25). The first kappa shape index (κ1) is 24.5. The molecule has 2 aromatic carbocycles. The summed E-state index contributed by atoms with van der Waals surface area (Å²) in [7, 11) is -0.883. The number of methoxy groups -OCH3 is 2. The van der Waals surface area contributed by atoms with Gasteiger partial charge in [0.25, 0.3) is 0 Å². The Kier molecular flexibility index (Phi) is 8.29. The van der Waals surface area contributed by atoms with Crippen LogP contribution in [0.5, 0.6) is 11.5 Å². The van der Waals surface area contributed by atoms with E-state index in [0.29, 0.717) is 25.4 Å². The first-order valence-corrected chi connectivity index (χ1v) is 11.2. The number of amides is 2. The van der Waals surface area contributed by atoms with E-state index >= 15 is 0 Å². The first-order valence-electron chi connectivity index (χ1n) is 9.77. The van der Waals surface area contributed by atoms with Crippen molar-refractivity contribution in [3.63, 3.8) is 0 Å². The van der Waals surface area contributed by atoms with E-state index < -0.39 is 10.1 Å². The van der Waals surface area contributed by atoms with E-state index in [1.807, 2.05) is 20.8 Å². The number of ether oxygens (including phenoxy) is 2. The highest BCUT2D eigenvalue weighted by Crippen LogP contribution is 2.22. The minimum absolute atomic E-state index is 0.0296. The van der Waals surface area contributed by atoms with Crippen molar-refractivity contribution in [2.24, 2.45) is 0 Å². The fourth-order valence-electron chi connectivity index (χ4n) is 2.64. The third-order valence-corrected chi connectivity index (χ3v) is 5.45. The van der Waals surface area contributed by atoms with Gasteiger partial charge in [0.2, 0.25) is 0 Å². The lowest BCUT2D eigenvalue weighted by molar-refractivity contribution is 0.142. The topological polar surface area (TPSA) is 94.2 Å². The first-order chi connectivity index (χ1) is 14.5. The smallest absolute Gasteiger partial charge is 0.339 e. The van der Waals surface area contributed by atoms with Crippen molar-refractivity contribution in [1.29, 1.82) is 0 Å². The van der Waals surface area contributed by atoms with Gasteiger partial charge in [0, 0.05) is 25.7 Å². The number of carbonyl (C=O) groups excluding carboxylic acids is 1. The van der Waals surface area contributed by atoms with Crippen LogP contribution in [0.4, 0.5) is 4.79 Å². The van der Waals surface area contributed by atoms with Crippen LogP contribution < -0.4 is 14.2 Å². The summed E-state index contributed by atoms with van der Waals surface area (Å²) in [4.78, 5) is 14.2. The number of nitrogens with zero attached hydrogens (tertiary/aromatic N) is 1. The molecule has 0 atom stereocenters. The maximum absolute atomic E-state index is 12.6. The highest BCUT2D eigenvalue weighted by Gasteiger charge is 2.20. The highest BCUT2D eigenvalue weighted by molar-refractivity contribution is 7.87. The number of hydrogen-bond acceptors (Lipinski definition) is 6. The van der Waals surface area contributed by atoms with E-state index in [0.717, 1.165) is 5.56 Å². The highest BCUT2D eigenvalue weighted by atomic mass is 32.2. The zero-order valence-corrected chi connectivity index (χ0v) is 19.4. The largest absolute Gasteiger partial charge is 0.497 e. The van der Waals surface area contributed by atoms with Crippen molar-refractivity contribution >= 4 is 16.1 Å². The number of nitrogens with one attached hydrogen (secondary N) is 1. The predicted octanol–water partition coefficient (Wildman–Crippen LogP) is 3.42. The van der Waals surface area contributed by atoms with Crippen molar-refractivity contribution < 1.29 is 26.9 Å². The molecule has 9 heteroatoms. The van der Waals surface area contributed by atoms with Crippen LogP contribution in [-0.4, -0.2) is 52.3 Å². The van der Waals surface area contributed by atoms with Crippen LogP contribution in [0, 0.1) is 0 Å². The van der Waals surface area contributed by atoms with E-state index in [-0.39, 0.29) is 22.2 Å². The second-order valence-electron chi connectivity index (χ2n) is 7.95. The van der Waals surface area contributed by atoms with Crippen molar-refractivity contribution in [3.8, 4) is 11.5 Å². The summed E-state index contributed by atoms with van der Waals surface area (Å²) >= 11 is 0. The molecule has 1 N–H and O–H groups in total. The second kappa shape index (κ2) is 10.5. The number of rotatable bonds is 9. The number of urea groups is 1. The van der Waals surface area contributed by atoms with Crippen molar-refractivity contribution in [2.75, 3.05) is 27.4 Å². The third kappa shape index (κ3) is 7.76. The summed E-state index contributed by atoms with van der Waals surface area (Å²) in [6, 6.07) is 12.3. The van der Waals surface area contributed by atoms with E-state index in [1.165, 1.54) is 19.2 Å². The Morgan fingerprint density at radius 1 is 0.968 bits per heavy atom. The van der Waals surface area contributed by atoms with Crippen molar-refractivity contribution in [1.82, 2.24) is 10.2 Å². The molecule has 2 rings (SSSR count). The van der Waals surface area contributed by atoms with Crippen LogP contribution in [0.2, 0.25) is 0 Å². The van der Waals surface area contributed by atoms with Gasteiger partial charge in [0.1, 0.15) is 16.4 Å². The van der Waals surface area contributed by atoms with Gasteiger partial charge in [-0.25, -0.2) is 4.79 Å². The summed E-state index contributed by atoms with van der Waals surface area (Å²) in [5.74, 6) is 0.735. The third-order valence-electron chi connectivity index (χ3n) is 4.19. The van der Waals surface area contributed by atoms with E-state index in [9.17, 15) is 13.2 Å². The van der Waals surface area contributed by atoms with Crippen LogP contribution in [0.15, 0.2) is 53.4 Å². The minimum atomic E-state index is -3.97. The average Bonchev–Trinajstić information content (AvgIpc) is 2.71. The normalized spacial score (nSPS) is 11.6. The van der Waals surface area contributed by atoms with Gasteiger partial charge in [-0.3, -0.25) is 0 Å². The zero-order valence-electron chi connectivity index (χ0n) is 18.5. The van der Waals surface area contributed by atoms with Crippen LogP contribution in [0.25, 0.3) is 0 Å². The molecule has 0 bridgehead atoms. The molecule has 2 amide bonds. The predicted molar refractivity (Wildman–Crippen MR) is 118 cm³/mol. The average molecular weight is 451 g/mol. The quantitative estimate of drug-likeness (QED) is 0.589. The molecule has 0 aromatic heterocycles. The van der Waals surface area contributed by atoms with Gasteiger partial charge in [-0.15, -0.1) is 0 Å². The summed E-state index contributed by atoms with van der Waals surface area (Å²) < 4.78 is 40.3. The molecule has 0 radical (unpaired) electrons. The van der Waals surface area contributed by atoms with Crippen LogP contribution in [0.1, 0.15) is 26.3 Å². The molecule has 0 spiro atoms. The Labute approximate surface area is 184 Å². The Hall–Kier alpha value is -2.78. The summed E-state index contributed by atoms with van der Waals surface area (Å²) in [5.41, 5.74) is 0.463. The number of benzene rings is 2. The second-order valence-corrected chi connectivity index (χ2v) is 9.50. The molecule has 0 unspecified atom stereocenters. The molecule has 0 saturated carbocycles. The summed E-state index contributed by atoms with van der Waals surface area (Å²) in [5, 5.41) is 2.94. The molecule has 0 aliphatic rings. The van der Waals surface area contributed by atoms with Crippen molar-refractivity contribution in [2.45, 2.75) is 37.8 Å². The number of hydrogen-bond donors (Lipinski definition) is 1. The Morgan fingerprint density at radius 2 is 1.55 bits per heavy atom. The monoisotopic (exact) mass is 450 g/mol. The van der Waals surface area contributed by atoms with Crippen LogP contribution in [0.3, 0.4) is 0 Å². The molecule has 0 aliphatic carbocycles. The van der Waals surface area contributed by atoms with Gasteiger partial charge >= 0.3 is 16.1 Å². The van der Waals surface area contributed by atoms with Crippen LogP contribution in [-0.2, 0) is 21.4 Å². The molecule has 0 fully saturated rings. The Bertz CT molecular complexity index is 951. The number of carbonyl (C=O) groups is 1. The van der Waals surface area contributed by atoms with Gasteiger partial charge in [-0.2, -0.15) is 8.42 Å². The van der Waals surface area contributed by atoms with Crippen LogP contribution >= 0.6 is 0 Å². The molecule has 0 aliphatic heterocycles. The zero-order chi connectivity index (χ0) is 23.1. The maximum Gasteiger partial charge on any atom is 0.339 e. The molecular formula is C22H30N2O6S. The SMILES string of the molecule is COCCN(Cc1ccc(OS(=O)(=O)c2ccc(OC)cc2)cc1)C(=O)NC(C)(C)C. The van der Waals surface area contributed by atoms with Crippen molar-refractivity contribution in [3.05, 3.63) is 54.1 Å². The molecule has 0 heterocycles. The van der Waals surface area contributed by atoms with E-state index in [4.69, 9.17) is 13.7 Å². The van der Waals surface area contributed by atoms with E-state index in [2.05, 4.69) is 5.32 Å². The minimum Gasteiger partial charge on any atom is -0.497 e. The summed E-state index contributed by atoms with van der Waals surface area (Å²) in [6.07, 6.45) is 0. The molecule has 0 saturated heterocycles. The lowest BCUT2D eigenvalue weighted by atomic mass is 10.1. The van der Waals surface area contributed by atoms with Gasteiger partial charge in [0.05, 0.1) is 13.7 Å². The molecule has 8 nitrogen and oxygen atoms in total. The fraction of sp³-hybridized carbons (Fsp3) is 0.409. The summed E-state index contributed by atoms with van der Waals surface area (Å²) in [6.45, 7) is 6.90. The van der Waals surface area contributed by atoms with Gasteiger partial charge in [0.15, 0.2) is 0 Å². The molecule has 170 valence electrons. The van der Waals surface area contributed by atoms with E-state index in [1.54, 1.807) is 48.4 Å². The van der Waals surface area contributed by atoms with Gasteiger partial charge in [-0.1, -0.05) is 12.1 Å². The molecule has 2 aromatic rings. The Balaban J connectivity index is 2.08. The lowest BCUT2D eigenvalue weighted by Crippen LogP contribution is -2.49. The lowest BCUT2D eigenvalue weighted by Gasteiger charge is -2.28. The maximum atomic E-state index is 12.6. The van der Waals surface area contributed by atoms with Gasteiger partial charge in [-0.05, 0) is 62.7 Å².